The van der Waals surface area contributed by atoms with Crippen LogP contribution in [-0.2, 0) is 37.5 Å². The van der Waals surface area contributed by atoms with Gasteiger partial charge in [0.05, 0.1) is 55.7 Å². The molecule has 14 heteroatoms. The van der Waals surface area contributed by atoms with E-state index in [0.717, 1.165) is 83.4 Å². The highest BCUT2D eigenvalue weighted by Crippen LogP contribution is 2.55. The smallest absolute Gasteiger partial charge is 0.204 e. The number of aliphatic hydroxyl groups excluding tert-OH is 2. The molecule has 8 unspecified atom stereocenters. The molecule has 446 valence electrons. The Bertz CT molecular complexity index is 4060. The lowest BCUT2D eigenvalue weighted by Crippen LogP contribution is -2.65. The maximum absolute atomic E-state index is 15.3. The van der Waals surface area contributed by atoms with Gasteiger partial charge in [-0.1, -0.05) is 123 Å². The molecular formula is C73H76N6O8. The van der Waals surface area contributed by atoms with E-state index in [1.165, 1.54) is 29.9 Å². The molecule has 8 aromatic rings. The van der Waals surface area contributed by atoms with Crippen LogP contribution in [0.25, 0.3) is 39.5 Å². The van der Waals surface area contributed by atoms with Gasteiger partial charge in [0.2, 0.25) is 5.75 Å². The molecule has 2 fully saturated rings. The first-order chi connectivity index (χ1) is 42.4. The molecule has 6 aliphatic rings. The monoisotopic (exact) mass is 1160 g/mol. The lowest BCUT2D eigenvalue weighted by Gasteiger charge is -2.51. The van der Waals surface area contributed by atoms with Crippen LogP contribution in [0, 0.1) is 23.7 Å². The highest BCUT2D eigenvalue weighted by Gasteiger charge is 2.53. The summed E-state index contributed by atoms with van der Waals surface area (Å²) >= 11 is 0. The topological polar surface area (TPSA) is 214 Å². The van der Waals surface area contributed by atoms with E-state index < -0.39 is 34.8 Å². The van der Waals surface area contributed by atoms with Crippen molar-refractivity contribution in [3.8, 4) is 57.3 Å². The van der Waals surface area contributed by atoms with Crippen molar-refractivity contribution < 1.29 is 33.9 Å². The van der Waals surface area contributed by atoms with E-state index >= 15 is 4.79 Å². The van der Waals surface area contributed by atoms with Crippen LogP contribution in [0.5, 0.6) is 23.0 Å². The Hall–Kier alpha value is -8.74. The zero-order chi connectivity index (χ0) is 59.9. The number of ether oxygens (including phenoxy) is 3. The third-order valence-corrected chi connectivity index (χ3v) is 18.9. The predicted molar refractivity (Wildman–Crippen MR) is 343 cm³/mol. The molecule has 7 heterocycles. The fraction of sp³-hybridized carbons (Fsp3) is 0.342. The van der Waals surface area contributed by atoms with E-state index in [0.29, 0.717) is 48.7 Å². The van der Waals surface area contributed by atoms with Crippen molar-refractivity contribution in [1.82, 2.24) is 10.3 Å². The number of aromatic amines is 1. The number of phenols is 1. The molecule has 0 radical (unpaired) electrons. The van der Waals surface area contributed by atoms with Crippen LogP contribution in [0.15, 0.2) is 148 Å². The van der Waals surface area contributed by atoms with Gasteiger partial charge in [0, 0.05) is 66.3 Å². The highest BCUT2D eigenvalue weighted by atomic mass is 16.5. The molecule has 1 saturated carbocycles. The molecule has 1 spiro atoms. The number of aliphatic imine (C=N–C) groups is 1. The number of anilines is 1. The molecule has 6 aromatic carbocycles. The van der Waals surface area contributed by atoms with Crippen molar-refractivity contribution in [3.05, 3.63) is 194 Å². The molecule has 2 aromatic heterocycles. The summed E-state index contributed by atoms with van der Waals surface area (Å²) in [5.41, 5.74) is 25.0. The lowest BCUT2D eigenvalue weighted by atomic mass is 9.67. The van der Waals surface area contributed by atoms with Crippen molar-refractivity contribution in [3.63, 3.8) is 0 Å². The molecule has 14 rings (SSSR count). The normalized spacial score (nSPS) is 22.4. The number of benzene rings is 6. The van der Waals surface area contributed by atoms with Gasteiger partial charge in [-0.2, -0.15) is 0 Å². The number of piperazine rings is 1. The van der Waals surface area contributed by atoms with E-state index in [1.807, 2.05) is 36.4 Å². The number of aromatic nitrogens is 1. The fourth-order valence-electron chi connectivity index (χ4n) is 14.7. The molecule has 1 aliphatic carbocycles. The number of phenolic OH excluding ortho intramolecular Hbond substituents is 1. The van der Waals surface area contributed by atoms with Gasteiger partial charge in [0.1, 0.15) is 22.7 Å². The molecular weight excluding hydrogens is 1090 g/mol. The number of nitrogens with one attached hydrogen (secondary N) is 2. The largest absolute Gasteiger partial charge is 0.508 e. The number of aliphatic hydroxyl groups is 2. The van der Waals surface area contributed by atoms with E-state index in [9.17, 15) is 15.3 Å². The summed E-state index contributed by atoms with van der Waals surface area (Å²) < 4.78 is 27.5. The summed E-state index contributed by atoms with van der Waals surface area (Å²) in [6, 6.07) is 41.9. The van der Waals surface area contributed by atoms with Crippen molar-refractivity contribution in [2.24, 2.45) is 28.3 Å². The minimum absolute atomic E-state index is 0.0238. The second kappa shape index (κ2) is 24.2. The molecule has 5 aliphatic heterocycles. The van der Waals surface area contributed by atoms with Gasteiger partial charge in [0.15, 0.2) is 28.5 Å². The molecule has 14 bridgehead atoms. The van der Waals surface area contributed by atoms with Crippen LogP contribution >= 0.6 is 0 Å². The Labute approximate surface area is 507 Å². The van der Waals surface area contributed by atoms with Gasteiger partial charge in [-0.25, -0.2) is 4.99 Å². The van der Waals surface area contributed by atoms with Crippen LogP contribution in [0.1, 0.15) is 102 Å². The summed E-state index contributed by atoms with van der Waals surface area (Å²) in [5, 5.41) is 37.4. The lowest BCUT2D eigenvalue weighted by molar-refractivity contribution is 0.156. The number of hydrogen-bond donors (Lipinski definition) is 7. The Balaban J connectivity index is 1.08. The van der Waals surface area contributed by atoms with Gasteiger partial charge < -0.3 is 60.6 Å². The number of aromatic hydroxyl groups is 1. The number of fused-ring (bicyclic) bond motifs is 13. The van der Waals surface area contributed by atoms with Crippen molar-refractivity contribution in [2.75, 3.05) is 44.9 Å². The van der Waals surface area contributed by atoms with Crippen LogP contribution in [-0.4, -0.2) is 84.5 Å². The van der Waals surface area contributed by atoms with Crippen molar-refractivity contribution >= 4 is 34.5 Å². The van der Waals surface area contributed by atoms with Gasteiger partial charge in [0.25, 0.3) is 0 Å². The molecule has 0 amide bonds. The van der Waals surface area contributed by atoms with Gasteiger partial charge >= 0.3 is 0 Å². The van der Waals surface area contributed by atoms with E-state index in [1.54, 1.807) is 30.3 Å². The summed E-state index contributed by atoms with van der Waals surface area (Å²) in [7, 11) is 1.52. The third kappa shape index (κ3) is 11.2. The second-order valence-electron chi connectivity index (χ2n) is 24.6. The summed E-state index contributed by atoms with van der Waals surface area (Å²) in [6.45, 7) is 5.62. The zero-order valence-corrected chi connectivity index (χ0v) is 49.7. The first-order valence-corrected chi connectivity index (χ1v) is 30.8. The van der Waals surface area contributed by atoms with Gasteiger partial charge in [-0.3, -0.25) is 4.79 Å². The van der Waals surface area contributed by atoms with Gasteiger partial charge in [-0.05, 0) is 138 Å². The van der Waals surface area contributed by atoms with E-state index in [4.69, 9.17) is 35.1 Å². The summed E-state index contributed by atoms with van der Waals surface area (Å²) in [6.07, 6.45) is 9.05. The molecule has 1 saturated heterocycles. The fourth-order valence-corrected chi connectivity index (χ4v) is 14.7. The number of guanidine groups is 1. The predicted octanol–water partition coefficient (Wildman–Crippen LogP) is 11.2. The Morgan fingerprint density at radius 1 is 0.908 bits per heavy atom. The average Bonchev–Trinajstić information content (AvgIpc) is 1.77. The SMILES string of the molecule is CCc1ccc2cc1CC1CCC3(C1)c1ccc(c(N=C(N)N)c1)CC(CO)COc1c(OC)c(OCCC(O)C=Cc4ccccc4)c4c(=O)cc(-c5ccc(O)cc5)oc4c1C1C#CC4NCCN(c5[nH]c(cc5-c5cccc(c5)C1)C(C)C2)C43. The highest BCUT2D eigenvalue weighted by molar-refractivity contribution is 5.94. The van der Waals surface area contributed by atoms with Crippen LogP contribution in [0.2, 0.25) is 0 Å². The van der Waals surface area contributed by atoms with E-state index in [2.05, 4.69) is 108 Å². The summed E-state index contributed by atoms with van der Waals surface area (Å²) in [5.74, 6) is 8.93. The average molecular weight is 1170 g/mol. The first kappa shape index (κ1) is 57.3. The van der Waals surface area contributed by atoms with Crippen molar-refractivity contribution in [2.45, 2.75) is 107 Å². The molecule has 9 N–H and O–H groups in total. The minimum atomic E-state index is -0.894. The third-order valence-electron chi connectivity index (χ3n) is 18.9. The second-order valence-corrected chi connectivity index (χ2v) is 24.6. The van der Waals surface area contributed by atoms with Gasteiger partial charge in [-0.15, -0.1) is 0 Å². The number of rotatable bonds is 11. The number of hydrogen-bond acceptors (Lipinski definition) is 11. The Morgan fingerprint density at radius 2 is 1.75 bits per heavy atom. The maximum atomic E-state index is 15.3. The zero-order valence-electron chi connectivity index (χ0n) is 49.7. The first-order valence-electron chi connectivity index (χ1n) is 30.8. The number of aryl methyl sites for hydroxylation is 1. The molecule has 8 atom stereocenters. The minimum Gasteiger partial charge on any atom is -0.508 e. The maximum Gasteiger partial charge on any atom is 0.204 e. The Kier molecular flexibility index (Phi) is 15.9. The number of nitrogens with zero attached hydrogens (tertiary/aromatic N) is 2. The molecule has 14 nitrogen and oxygen atoms in total. The van der Waals surface area contributed by atoms with Crippen LogP contribution in [0.3, 0.4) is 0 Å². The summed E-state index contributed by atoms with van der Waals surface area (Å²) in [4.78, 5) is 27.0. The number of methoxy groups -OCH3 is 1. The van der Waals surface area contributed by atoms with Crippen molar-refractivity contribution in [1.29, 1.82) is 0 Å². The number of H-pyrrole nitrogens is 1. The van der Waals surface area contributed by atoms with Crippen LogP contribution in [0.4, 0.5) is 11.5 Å². The van der Waals surface area contributed by atoms with Crippen LogP contribution < -0.4 is 41.3 Å². The number of nitrogens with two attached hydrogens (primary N) is 2. The standard InChI is InChI=1S/C73H76N6O8/c1-4-49-15-13-46-31-43(2)60-38-58-51-12-8-11-45(32-51)33-53-19-24-59-70(79(29-28-76-59)71(58)77-60)73(27-25-47(40-73)35-54(49)34-46)55-20-16-52(61(37-55)78-72(74)75)36-48(41-80)42-86-67-64(53)66-65(62(83)39-63(87-66)50-17-22-56(81)23-18-50)68(69(67)84-3)85-30-26-57(82)21-14-44-9-6-5-7-10-44/h5-18,20-23,32,34,37-39,43,47-48,53,57,59,70,76-77,80-82H,4,25-31,33,35-36,40-42H2,1-3H3,(H4,74,75,78). The molecule has 87 heavy (non-hydrogen) atoms. The quantitative estimate of drug-likeness (QED) is 0.0366. The Morgan fingerprint density at radius 3 is 2.55 bits per heavy atom. The van der Waals surface area contributed by atoms with E-state index in [-0.39, 0.29) is 83.9 Å².